The van der Waals surface area contributed by atoms with Crippen LogP contribution in [0.25, 0.3) is 0 Å². The highest BCUT2D eigenvalue weighted by Gasteiger charge is 2.35. The molecule has 0 bridgehead atoms. The SMILES string of the molecule is CCN1C(=CC=C(S(=O)(=O)Oc2ccccc2)S(=O)(=O)Oc2ccccc2)Oc2ccccc21. The molecule has 0 aliphatic carbocycles. The first-order valence-electron chi connectivity index (χ1n) is 10.3. The van der Waals surface area contributed by atoms with Crippen molar-refractivity contribution >= 4 is 25.9 Å². The van der Waals surface area contributed by atoms with Gasteiger partial charge in [-0.1, -0.05) is 48.5 Å². The van der Waals surface area contributed by atoms with Crippen LogP contribution in [0.15, 0.2) is 107 Å². The summed E-state index contributed by atoms with van der Waals surface area (Å²) in [4.78, 5) is 1.78. The Balaban J connectivity index is 1.76. The van der Waals surface area contributed by atoms with Crippen molar-refractivity contribution in [3.05, 3.63) is 107 Å². The van der Waals surface area contributed by atoms with E-state index < -0.39 is 24.5 Å². The molecule has 0 saturated heterocycles. The molecular weight excluding hydrogens is 478 g/mol. The Kier molecular flexibility index (Phi) is 6.62. The highest BCUT2D eigenvalue weighted by Crippen LogP contribution is 2.38. The van der Waals surface area contributed by atoms with Crippen molar-refractivity contribution in [3.63, 3.8) is 0 Å². The number of benzene rings is 3. The van der Waals surface area contributed by atoms with Gasteiger partial charge in [-0.05, 0) is 49.4 Å². The highest BCUT2D eigenvalue weighted by atomic mass is 32.3. The molecule has 0 aromatic heterocycles. The van der Waals surface area contributed by atoms with Gasteiger partial charge < -0.3 is 18.0 Å². The summed E-state index contributed by atoms with van der Waals surface area (Å²) in [6, 6.07) is 22.4. The van der Waals surface area contributed by atoms with E-state index in [9.17, 15) is 16.8 Å². The van der Waals surface area contributed by atoms with Crippen LogP contribution in [-0.2, 0) is 20.2 Å². The number of rotatable bonds is 8. The van der Waals surface area contributed by atoms with Crippen LogP contribution in [0, 0.1) is 0 Å². The van der Waals surface area contributed by atoms with Gasteiger partial charge in [0.2, 0.25) is 10.1 Å². The summed E-state index contributed by atoms with van der Waals surface area (Å²) in [5.41, 5.74) is 0.776. The van der Waals surface area contributed by atoms with E-state index in [-0.39, 0.29) is 17.4 Å². The summed E-state index contributed by atoms with van der Waals surface area (Å²) in [6.07, 6.45) is 2.16. The third-order valence-electron chi connectivity index (χ3n) is 4.71. The zero-order valence-electron chi connectivity index (χ0n) is 18.1. The second-order valence-corrected chi connectivity index (χ2v) is 10.3. The maximum atomic E-state index is 13.1. The number of hydrogen-bond donors (Lipinski definition) is 0. The lowest BCUT2D eigenvalue weighted by atomic mass is 10.3. The van der Waals surface area contributed by atoms with E-state index in [1.54, 1.807) is 53.4 Å². The molecule has 0 spiro atoms. The van der Waals surface area contributed by atoms with Crippen LogP contribution in [0.3, 0.4) is 0 Å². The standard InChI is InChI=1S/C24H21NO7S2/c1-2-25-21-15-9-10-16-22(21)30-23(25)17-18-24(33(26,27)31-19-11-5-3-6-12-19)34(28,29)32-20-13-7-4-8-14-20/h3-18H,2H2,1H3. The third kappa shape index (κ3) is 5.08. The first-order valence-corrected chi connectivity index (χ1v) is 13.1. The molecule has 0 N–H and O–H groups in total. The molecule has 176 valence electrons. The molecule has 0 atom stereocenters. The largest absolute Gasteiger partial charge is 0.439 e. The van der Waals surface area contributed by atoms with Gasteiger partial charge in [-0.2, -0.15) is 16.8 Å². The summed E-state index contributed by atoms with van der Waals surface area (Å²) >= 11 is 0. The van der Waals surface area contributed by atoms with E-state index in [1.807, 2.05) is 19.1 Å². The molecule has 1 aliphatic rings. The fourth-order valence-corrected chi connectivity index (χ4v) is 5.79. The van der Waals surface area contributed by atoms with Gasteiger partial charge in [0.25, 0.3) is 0 Å². The topological polar surface area (TPSA) is 99.2 Å². The van der Waals surface area contributed by atoms with Crippen molar-refractivity contribution in [2.75, 3.05) is 11.4 Å². The van der Waals surface area contributed by atoms with Crippen LogP contribution in [-0.4, -0.2) is 23.4 Å². The number of nitrogens with zero attached hydrogens (tertiary/aromatic N) is 1. The zero-order chi connectivity index (χ0) is 24.2. The van der Waals surface area contributed by atoms with Gasteiger partial charge in [0.15, 0.2) is 5.75 Å². The molecule has 0 radical (unpaired) electrons. The molecular formula is C24H21NO7S2. The lowest BCUT2D eigenvalue weighted by molar-refractivity contribution is 0.440. The van der Waals surface area contributed by atoms with E-state index in [0.29, 0.717) is 12.3 Å². The summed E-state index contributed by atoms with van der Waals surface area (Å²) in [7, 11) is -9.61. The minimum absolute atomic E-state index is 0.0457. The number of hydrogen-bond acceptors (Lipinski definition) is 8. The summed E-state index contributed by atoms with van der Waals surface area (Å²) in [5, 5.41) is 0. The normalized spacial score (nSPS) is 14.3. The van der Waals surface area contributed by atoms with E-state index in [1.165, 1.54) is 30.3 Å². The molecule has 0 fully saturated rings. The Hall–Kier alpha value is -3.76. The number of fused-ring (bicyclic) bond motifs is 1. The van der Waals surface area contributed by atoms with Crippen LogP contribution in [0.1, 0.15) is 6.92 Å². The fraction of sp³-hybridized carbons (Fsp3) is 0.0833. The van der Waals surface area contributed by atoms with E-state index in [0.717, 1.165) is 11.8 Å². The second kappa shape index (κ2) is 9.62. The Morgan fingerprint density at radius 1 is 0.794 bits per heavy atom. The average molecular weight is 500 g/mol. The minimum atomic E-state index is -4.81. The smallest absolute Gasteiger partial charge is 0.353 e. The molecule has 1 heterocycles. The number of ether oxygens (including phenoxy) is 1. The van der Waals surface area contributed by atoms with Crippen LogP contribution in [0.2, 0.25) is 0 Å². The maximum Gasteiger partial charge on any atom is 0.353 e. The van der Waals surface area contributed by atoms with E-state index in [4.69, 9.17) is 13.1 Å². The van der Waals surface area contributed by atoms with Crippen molar-refractivity contribution in [2.45, 2.75) is 6.92 Å². The number of para-hydroxylation sites is 4. The van der Waals surface area contributed by atoms with Crippen molar-refractivity contribution in [1.82, 2.24) is 0 Å². The van der Waals surface area contributed by atoms with E-state index in [2.05, 4.69) is 0 Å². The molecule has 0 amide bonds. The Morgan fingerprint density at radius 3 is 1.82 bits per heavy atom. The van der Waals surface area contributed by atoms with Gasteiger partial charge >= 0.3 is 20.2 Å². The molecule has 3 aromatic rings. The molecule has 0 unspecified atom stereocenters. The minimum Gasteiger partial charge on any atom is -0.439 e. The van der Waals surface area contributed by atoms with Crippen LogP contribution < -0.4 is 18.0 Å². The predicted molar refractivity (Wildman–Crippen MR) is 128 cm³/mol. The van der Waals surface area contributed by atoms with Gasteiger partial charge in [-0.25, -0.2) is 0 Å². The number of anilines is 1. The zero-order valence-corrected chi connectivity index (χ0v) is 19.7. The van der Waals surface area contributed by atoms with Gasteiger partial charge in [-0.3, -0.25) is 0 Å². The van der Waals surface area contributed by atoms with Crippen LogP contribution in [0.4, 0.5) is 5.69 Å². The number of allylic oxidation sites excluding steroid dienone is 2. The lowest BCUT2D eigenvalue weighted by Crippen LogP contribution is -2.23. The highest BCUT2D eigenvalue weighted by molar-refractivity contribution is 8.10. The summed E-state index contributed by atoms with van der Waals surface area (Å²) in [5.74, 6) is 0.731. The first kappa shape index (κ1) is 23.4. The first-order chi connectivity index (χ1) is 16.3. The van der Waals surface area contributed by atoms with Crippen molar-refractivity contribution < 1.29 is 29.9 Å². The van der Waals surface area contributed by atoms with Gasteiger partial charge in [0.05, 0.1) is 5.69 Å². The molecule has 0 saturated carbocycles. The lowest BCUT2D eigenvalue weighted by Gasteiger charge is -2.15. The maximum absolute atomic E-state index is 13.1. The van der Waals surface area contributed by atoms with Crippen molar-refractivity contribution in [3.8, 4) is 17.2 Å². The summed E-state index contributed by atoms with van der Waals surface area (Å²) < 4.78 is 67.2. The Labute approximate surface area is 198 Å². The average Bonchev–Trinajstić information content (AvgIpc) is 3.17. The van der Waals surface area contributed by atoms with Gasteiger partial charge in [-0.15, -0.1) is 0 Å². The molecule has 10 heteroatoms. The second-order valence-electron chi connectivity index (χ2n) is 7.01. The molecule has 8 nitrogen and oxygen atoms in total. The molecule has 3 aromatic carbocycles. The van der Waals surface area contributed by atoms with Crippen LogP contribution in [0.5, 0.6) is 17.2 Å². The van der Waals surface area contributed by atoms with Gasteiger partial charge in [0, 0.05) is 12.6 Å². The summed E-state index contributed by atoms with van der Waals surface area (Å²) in [6.45, 7) is 2.39. The van der Waals surface area contributed by atoms with Crippen molar-refractivity contribution in [1.29, 1.82) is 0 Å². The molecule has 34 heavy (non-hydrogen) atoms. The third-order valence-corrected chi connectivity index (χ3v) is 8.01. The van der Waals surface area contributed by atoms with Crippen LogP contribution >= 0.6 is 0 Å². The Bertz CT molecular complexity index is 1360. The van der Waals surface area contributed by atoms with Gasteiger partial charge in [0.1, 0.15) is 11.5 Å². The van der Waals surface area contributed by atoms with E-state index >= 15 is 0 Å². The Morgan fingerprint density at radius 2 is 1.29 bits per heavy atom. The fourth-order valence-electron chi connectivity index (χ4n) is 3.22. The monoisotopic (exact) mass is 499 g/mol. The molecule has 4 rings (SSSR count). The predicted octanol–water partition coefficient (Wildman–Crippen LogP) is 4.41. The quantitative estimate of drug-likeness (QED) is 0.421. The molecule has 1 aliphatic heterocycles. The van der Waals surface area contributed by atoms with Crippen molar-refractivity contribution in [2.24, 2.45) is 0 Å².